The lowest BCUT2D eigenvalue weighted by molar-refractivity contribution is 0.208. The van der Waals surface area contributed by atoms with Crippen LogP contribution in [0.5, 0.6) is 0 Å². The average molecular weight is 351 g/mol. The molecule has 2 aromatic rings. The van der Waals surface area contributed by atoms with Crippen LogP contribution in [0, 0.1) is 13.8 Å². The molecule has 138 valence electrons. The third-order valence-electron chi connectivity index (χ3n) is 5.10. The van der Waals surface area contributed by atoms with E-state index >= 15 is 0 Å². The third-order valence-corrected chi connectivity index (χ3v) is 5.10. The molecule has 0 aliphatic carbocycles. The van der Waals surface area contributed by atoms with Crippen LogP contribution in [0.25, 0.3) is 0 Å². The summed E-state index contributed by atoms with van der Waals surface area (Å²) in [5, 5.41) is 3.02. The lowest BCUT2D eigenvalue weighted by Gasteiger charge is -2.37. The molecule has 1 N–H and O–H groups in total. The van der Waals surface area contributed by atoms with Crippen LogP contribution in [0.4, 0.5) is 16.2 Å². The first-order chi connectivity index (χ1) is 12.4. The van der Waals surface area contributed by atoms with Crippen LogP contribution in [0.3, 0.4) is 0 Å². The summed E-state index contributed by atoms with van der Waals surface area (Å²) in [6, 6.07) is 14.7. The monoisotopic (exact) mass is 351 g/mol. The van der Waals surface area contributed by atoms with Crippen LogP contribution in [0.2, 0.25) is 0 Å². The van der Waals surface area contributed by atoms with Gasteiger partial charge in [-0.2, -0.15) is 0 Å². The molecule has 0 radical (unpaired) electrons. The molecule has 1 aliphatic heterocycles. The number of benzene rings is 2. The zero-order valence-electron chi connectivity index (χ0n) is 16.2. The van der Waals surface area contributed by atoms with Crippen molar-refractivity contribution in [2.24, 2.45) is 0 Å². The highest BCUT2D eigenvalue weighted by Crippen LogP contribution is 2.23. The van der Waals surface area contributed by atoms with Gasteiger partial charge in [-0.05, 0) is 54.7 Å². The average Bonchev–Trinajstić information content (AvgIpc) is 2.64. The first-order valence-corrected chi connectivity index (χ1v) is 9.42. The molecule has 0 aromatic heterocycles. The lowest BCUT2D eigenvalue weighted by atomic mass is 10.0. The molecule has 1 aliphatic rings. The standard InChI is InChI=1S/C22H29N3O/c1-16(2)19-7-9-20(10-8-19)23-22(26)25-13-11-24(12-14-25)21-15-17(3)5-6-18(21)4/h5-10,15-16H,11-14H2,1-4H3,(H,23,26). The molecule has 0 saturated carbocycles. The summed E-state index contributed by atoms with van der Waals surface area (Å²) in [5.41, 5.74) is 5.99. The summed E-state index contributed by atoms with van der Waals surface area (Å²) in [6.45, 7) is 11.8. The zero-order valence-corrected chi connectivity index (χ0v) is 16.2. The number of carbonyl (C=O) groups excluding carboxylic acids is 1. The number of hydrogen-bond acceptors (Lipinski definition) is 2. The van der Waals surface area contributed by atoms with Crippen LogP contribution in [0.15, 0.2) is 42.5 Å². The molecule has 2 aromatic carbocycles. The van der Waals surface area contributed by atoms with Crippen molar-refractivity contribution < 1.29 is 4.79 Å². The molecule has 3 rings (SSSR count). The largest absolute Gasteiger partial charge is 0.368 e. The second-order valence-electron chi connectivity index (χ2n) is 7.47. The van der Waals surface area contributed by atoms with E-state index in [1.54, 1.807) is 0 Å². The van der Waals surface area contributed by atoms with Gasteiger partial charge in [0.05, 0.1) is 0 Å². The zero-order chi connectivity index (χ0) is 18.7. The Morgan fingerprint density at radius 2 is 1.62 bits per heavy atom. The van der Waals surface area contributed by atoms with E-state index < -0.39 is 0 Å². The predicted molar refractivity (Wildman–Crippen MR) is 109 cm³/mol. The maximum atomic E-state index is 12.5. The quantitative estimate of drug-likeness (QED) is 0.864. The van der Waals surface area contributed by atoms with Crippen molar-refractivity contribution in [1.29, 1.82) is 0 Å². The van der Waals surface area contributed by atoms with Gasteiger partial charge in [0.15, 0.2) is 0 Å². The molecule has 1 saturated heterocycles. The van der Waals surface area contributed by atoms with Gasteiger partial charge in [0, 0.05) is 37.6 Å². The maximum Gasteiger partial charge on any atom is 0.321 e. The molecular formula is C22H29N3O. The van der Waals surface area contributed by atoms with Gasteiger partial charge in [0.25, 0.3) is 0 Å². The molecule has 0 spiro atoms. The van der Waals surface area contributed by atoms with Crippen LogP contribution in [0.1, 0.15) is 36.5 Å². The summed E-state index contributed by atoms with van der Waals surface area (Å²) in [5.74, 6) is 0.498. The van der Waals surface area contributed by atoms with Gasteiger partial charge >= 0.3 is 6.03 Å². The molecule has 2 amide bonds. The highest BCUT2D eigenvalue weighted by atomic mass is 16.2. The van der Waals surface area contributed by atoms with Crippen molar-refractivity contribution >= 4 is 17.4 Å². The van der Waals surface area contributed by atoms with Crippen molar-refractivity contribution in [2.45, 2.75) is 33.6 Å². The summed E-state index contributed by atoms with van der Waals surface area (Å²) in [7, 11) is 0. The fourth-order valence-electron chi connectivity index (χ4n) is 3.36. The number of anilines is 2. The number of amides is 2. The molecule has 4 nitrogen and oxygen atoms in total. The number of nitrogens with one attached hydrogen (secondary N) is 1. The Labute approximate surface area is 156 Å². The van der Waals surface area contributed by atoms with Gasteiger partial charge in [-0.3, -0.25) is 0 Å². The van der Waals surface area contributed by atoms with Crippen molar-refractivity contribution in [2.75, 3.05) is 36.4 Å². The van der Waals surface area contributed by atoms with E-state index in [4.69, 9.17) is 0 Å². The second-order valence-corrected chi connectivity index (χ2v) is 7.47. The Morgan fingerprint density at radius 1 is 0.962 bits per heavy atom. The van der Waals surface area contributed by atoms with Gasteiger partial charge in [0.2, 0.25) is 0 Å². The van der Waals surface area contributed by atoms with Gasteiger partial charge in [0.1, 0.15) is 0 Å². The van der Waals surface area contributed by atoms with E-state index in [9.17, 15) is 4.79 Å². The SMILES string of the molecule is Cc1ccc(C)c(N2CCN(C(=O)Nc3ccc(C(C)C)cc3)CC2)c1. The van der Waals surface area contributed by atoms with E-state index in [2.05, 4.69) is 68.2 Å². The van der Waals surface area contributed by atoms with E-state index in [0.717, 1.165) is 31.9 Å². The number of piperazine rings is 1. The Balaban J connectivity index is 1.57. The van der Waals surface area contributed by atoms with Crippen LogP contribution in [-0.2, 0) is 0 Å². The number of urea groups is 1. The van der Waals surface area contributed by atoms with Gasteiger partial charge in [-0.15, -0.1) is 0 Å². The highest BCUT2D eigenvalue weighted by molar-refractivity contribution is 5.89. The van der Waals surface area contributed by atoms with Gasteiger partial charge in [-0.25, -0.2) is 4.79 Å². The number of hydrogen-bond donors (Lipinski definition) is 1. The number of nitrogens with zero attached hydrogens (tertiary/aromatic N) is 2. The molecular weight excluding hydrogens is 322 g/mol. The Kier molecular flexibility index (Phi) is 5.50. The Hall–Kier alpha value is -2.49. The summed E-state index contributed by atoms with van der Waals surface area (Å²) in [6.07, 6.45) is 0. The summed E-state index contributed by atoms with van der Waals surface area (Å²) in [4.78, 5) is 16.8. The smallest absolute Gasteiger partial charge is 0.321 e. The minimum absolute atomic E-state index is 0.0112. The van der Waals surface area contributed by atoms with Gasteiger partial charge < -0.3 is 15.1 Å². The van der Waals surface area contributed by atoms with Gasteiger partial charge in [-0.1, -0.05) is 38.1 Å². The first kappa shape index (κ1) is 18.3. The highest BCUT2D eigenvalue weighted by Gasteiger charge is 2.22. The van der Waals surface area contributed by atoms with Crippen molar-refractivity contribution in [1.82, 2.24) is 4.90 Å². The topological polar surface area (TPSA) is 35.6 Å². The van der Waals surface area contributed by atoms with E-state index in [-0.39, 0.29) is 6.03 Å². The van der Waals surface area contributed by atoms with Crippen LogP contribution < -0.4 is 10.2 Å². The third kappa shape index (κ3) is 4.18. The lowest BCUT2D eigenvalue weighted by Crippen LogP contribution is -2.50. The van der Waals surface area contributed by atoms with Crippen LogP contribution in [-0.4, -0.2) is 37.1 Å². The first-order valence-electron chi connectivity index (χ1n) is 9.42. The molecule has 0 bridgehead atoms. The maximum absolute atomic E-state index is 12.5. The molecule has 1 heterocycles. The fourth-order valence-corrected chi connectivity index (χ4v) is 3.36. The summed E-state index contributed by atoms with van der Waals surface area (Å²) >= 11 is 0. The second kappa shape index (κ2) is 7.81. The van der Waals surface area contributed by atoms with Crippen molar-refractivity contribution in [3.05, 3.63) is 59.2 Å². The van der Waals surface area contributed by atoms with Crippen molar-refractivity contribution in [3.63, 3.8) is 0 Å². The molecule has 0 atom stereocenters. The van der Waals surface area contributed by atoms with E-state index in [0.29, 0.717) is 5.92 Å². The van der Waals surface area contributed by atoms with E-state index in [1.807, 2.05) is 17.0 Å². The van der Waals surface area contributed by atoms with Crippen molar-refractivity contribution in [3.8, 4) is 0 Å². The normalized spacial score (nSPS) is 14.7. The molecule has 1 fully saturated rings. The predicted octanol–water partition coefficient (Wildman–Crippen LogP) is 4.78. The van der Waals surface area contributed by atoms with Crippen LogP contribution >= 0.6 is 0 Å². The molecule has 26 heavy (non-hydrogen) atoms. The number of aryl methyl sites for hydroxylation is 2. The summed E-state index contributed by atoms with van der Waals surface area (Å²) < 4.78 is 0. The number of carbonyl (C=O) groups is 1. The number of rotatable bonds is 3. The molecule has 0 unspecified atom stereocenters. The van der Waals surface area contributed by atoms with E-state index in [1.165, 1.54) is 22.4 Å². The Morgan fingerprint density at radius 3 is 2.23 bits per heavy atom. The minimum atomic E-state index is -0.0112. The molecule has 4 heteroatoms. The fraction of sp³-hybridized carbons (Fsp3) is 0.409. The Bertz CT molecular complexity index is 759. The minimum Gasteiger partial charge on any atom is -0.368 e.